The van der Waals surface area contributed by atoms with Crippen LogP contribution in [-0.2, 0) is 5.41 Å². The zero-order valence-electron chi connectivity index (χ0n) is 12.0. The SMILES string of the molecule is Cc1cc(-n2c(C(C)(C)C)c[nH]c2=S)cc(C)c1Br. The number of benzene rings is 1. The number of hydrogen-bond acceptors (Lipinski definition) is 1. The van der Waals surface area contributed by atoms with Gasteiger partial charge in [0, 0.05) is 27.5 Å². The minimum absolute atomic E-state index is 0.0441. The van der Waals surface area contributed by atoms with Gasteiger partial charge in [-0.25, -0.2) is 0 Å². The molecule has 0 fully saturated rings. The molecule has 0 radical (unpaired) electrons. The van der Waals surface area contributed by atoms with Crippen molar-refractivity contribution in [1.29, 1.82) is 0 Å². The molecule has 2 aromatic rings. The standard InChI is InChI=1S/C15H19BrN2S/c1-9-6-11(7-10(2)13(9)16)18-12(15(3,4)5)8-17-14(18)19/h6-8H,1-5H3,(H,17,19). The van der Waals surface area contributed by atoms with Crippen molar-refractivity contribution in [3.8, 4) is 5.69 Å². The third-order valence-electron chi connectivity index (χ3n) is 3.22. The Morgan fingerprint density at radius 1 is 1.16 bits per heavy atom. The average Bonchev–Trinajstić information content (AvgIpc) is 2.67. The summed E-state index contributed by atoms with van der Waals surface area (Å²) in [5, 5.41) is 0. The van der Waals surface area contributed by atoms with Crippen molar-refractivity contribution in [2.24, 2.45) is 0 Å². The third kappa shape index (κ3) is 2.70. The van der Waals surface area contributed by atoms with Gasteiger partial charge >= 0.3 is 0 Å². The van der Waals surface area contributed by atoms with Gasteiger partial charge in [0.2, 0.25) is 0 Å². The zero-order chi connectivity index (χ0) is 14.4. The summed E-state index contributed by atoms with van der Waals surface area (Å²) < 4.78 is 4.03. The lowest BCUT2D eigenvalue weighted by Crippen LogP contribution is -2.17. The first-order valence-corrected chi connectivity index (χ1v) is 7.50. The number of nitrogens with zero attached hydrogens (tertiary/aromatic N) is 1. The maximum Gasteiger partial charge on any atom is 0.182 e. The van der Waals surface area contributed by atoms with Gasteiger partial charge in [0.1, 0.15) is 0 Å². The highest BCUT2D eigenvalue weighted by Gasteiger charge is 2.20. The number of H-pyrrole nitrogens is 1. The van der Waals surface area contributed by atoms with Crippen LogP contribution in [0.3, 0.4) is 0 Å². The molecule has 0 aliphatic rings. The van der Waals surface area contributed by atoms with E-state index in [1.165, 1.54) is 16.8 Å². The Morgan fingerprint density at radius 2 is 1.68 bits per heavy atom. The predicted molar refractivity (Wildman–Crippen MR) is 86.8 cm³/mol. The summed E-state index contributed by atoms with van der Waals surface area (Å²) in [6, 6.07) is 4.33. The van der Waals surface area contributed by atoms with Crippen LogP contribution < -0.4 is 0 Å². The van der Waals surface area contributed by atoms with Crippen LogP contribution in [-0.4, -0.2) is 9.55 Å². The van der Waals surface area contributed by atoms with Crippen LogP contribution in [0, 0.1) is 18.6 Å². The first kappa shape index (κ1) is 14.5. The van der Waals surface area contributed by atoms with Gasteiger partial charge in [0.15, 0.2) is 4.77 Å². The number of aryl methyl sites for hydroxylation is 2. The first-order chi connectivity index (χ1) is 8.71. The molecular formula is C15H19BrN2S. The van der Waals surface area contributed by atoms with Crippen LogP contribution in [0.15, 0.2) is 22.8 Å². The van der Waals surface area contributed by atoms with Crippen LogP contribution in [0.5, 0.6) is 0 Å². The van der Waals surface area contributed by atoms with Gasteiger partial charge in [-0.3, -0.25) is 4.57 Å². The lowest BCUT2D eigenvalue weighted by atomic mass is 9.92. The van der Waals surface area contributed by atoms with E-state index in [1.54, 1.807) is 0 Å². The third-order valence-corrected chi connectivity index (χ3v) is 4.78. The molecule has 19 heavy (non-hydrogen) atoms. The molecule has 1 aromatic carbocycles. The topological polar surface area (TPSA) is 20.7 Å². The molecule has 1 heterocycles. The summed E-state index contributed by atoms with van der Waals surface area (Å²) in [7, 11) is 0. The zero-order valence-corrected chi connectivity index (χ0v) is 14.4. The molecule has 0 atom stereocenters. The van der Waals surface area contributed by atoms with Crippen LogP contribution in [0.4, 0.5) is 0 Å². The van der Waals surface area contributed by atoms with Crippen molar-refractivity contribution in [1.82, 2.24) is 9.55 Å². The lowest BCUT2D eigenvalue weighted by molar-refractivity contribution is 0.555. The van der Waals surface area contributed by atoms with Gasteiger partial charge in [-0.15, -0.1) is 0 Å². The second-order valence-corrected chi connectivity index (χ2v) is 7.14. The summed E-state index contributed by atoms with van der Waals surface area (Å²) in [5.41, 5.74) is 4.80. The van der Waals surface area contributed by atoms with Gasteiger partial charge in [-0.1, -0.05) is 36.7 Å². The van der Waals surface area contributed by atoms with Crippen molar-refractivity contribution in [2.75, 3.05) is 0 Å². The van der Waals surface area contributed by atoms with Crippen LogP contribution in [0.25, 0.3) is 5.69 Å². The Bertz CT molecular complexity index is 651. The summed E-state index contributed by atoms with van der Waals surface area (Å²) in [4.78, 5) is 3.16. The molecule has 0 saturated heterocycles. The smallest absolute Gasteiger partial charge is 0.182 e. The number of rotatable bonds is 1. The molecule has 102 valence electrons. The van der Waals surface area contributed by atoms with E-state index in [2.05, 4.69) is 72.2 Å². The Morgan fingerprint density at radius 3 is 2.16 bits per heavy atom. The van der Waals surface area contributed by atoms with E-state index in [-0.39, 0.29) is 5.41 Å². The number of nitrogens with one attached hydrogen (secondary N) is 1. The molecule has 4 heteroatoms. The van der Waals surface area contributed by atoms with E-state index in [1.807, 2.05) is 6.20 Å². The molecule has 2 nitrogen and oxygen atoms in total. The summed E-state index contributed by atoms with van der Waals surface area (Å²) in [6.45, 7) is 10.8. The van der Waals surface area contributed by atoms with Crippen LogP contribution in [0.1, 0.15) is 37.6 Å². The largest absolute Gasteiger partial charge is 0.337 e. The highest BCUT2D eigenvalue weighted by molar-refractivity contribution is 9.10. The van der Waals surface area contributed by atoms with Gasteiger partial charge in [-0.05, 0) is 49.3 Å². The Labute approximate surface area is 128 Å². The van der Waals surface area contributed by atoms with Crippen molar-refractivity contribution in [3.05, 3.63) is 44.4 Å². The molecule has 0 saturated carbocycles. The maximum atomic E-state index is 5.44. The van der Waals surface area contributed by atoms with E-state index < -0.39 is 0 Å². The number of imidazole rings is 1. The quantitative estimate of drug-likeness (QED) is 0.707. The minimum Gasteiger partial charge on any atom is -0.337 e. The van der Waals surface area contributed by atoms with Crippen molar-refractivity contribution in [3.63, 3.8) is 0 Å². The molecule has 0 aliphatic carbocycles. The van der Waals surface area contributed by atoms with E-state index in [0.717, 1.165) is 14.9 Å². The van der Waals surface area contributed by atoms with Crippen molar-refractivity contribution >= 4 is 28.1 Å². The average molecular weight is 339 g/mol. The van der Waals surface area contributed by atoms with Crippen LogP contribution in [0.2, 0.25) is 0 Å². The van der Waals surface area contributed by atoms with E-state index in [4.69, 9.17) is 12.2 Å². The second-order valence-electron chi connectivity index (χ2n) is 5.96. The molecule has 0 aliphatic heterocycles. The normalized spacial score (nSPS) is 11.9. The first-order valence-electron chi connectivity index (χ1n) is 6.30. The highest BCUT2D eigenvalue weighted by atomic mass is 79.9. The number of hydrogen-bond donors (Lipinski definition) is 1. The molecule has 1 aromatic heterocycles. The second kappa shape index (κ2) is 4.91. The summed E-state index contributed by atoms with van der Waals surface area (Å²) in [6.07, 6.45) is 2.01. The number of aromatic amines is 1. The predicted octanol–water partition coefficient (Wildman–Crippen LogP) is 5.21. The summed E-state index contributed by atoms with van der Waals surface area (Å²) in [5.74, 6) is 0. The molecule has 2 rings (SSSR count). The maximum absolute atomic E-state index is 5.44. The Hall–Kier alpha value is -0.870. The fourth-order valence-electron chi connectivity index (χ4n) is 2.23. The molecule has 0 unspecified atom stereocenters. The molecule has 1 N–H and O–H groups in total. The van der Waals surface area contributed by atoms with Crippen molar-refractivity contribution in [2.45, 2.75) is 40.0 Å². The number of aromatic nitrogens is 2. The van der Waals surface area contributed by atoms with Gasteiger partial charge in [0.05, 0.1) is 0 Å². The highest BCUT2D eigenvalue weighted by Crippen LogP contribution is 2.29. The lowest BCUT2D eigenvalue weighted by Gasteiger charge is -2.21. The van der Waals surface area contributed by atoms with E-state index >= 15 is 0 Å². The molecular weight excluding hydrogens is 320 g/mol. The van der Waals surface area contributed by atoms with E-state index in [0.29, 0.717) is 0 Å². The molecule has 0 amide bonds. The number of halogens is 1. The monoisotopic (exact) mass is 338 g/mol. The van der Waals surface area contributed by atoms with Crippen molar-refractivity contribution < 1.29 is 0 Å². The molecule has 0 bridgehead atoms. The minimum atomic E-state index is 0.0441. The fourth-order valence-corrected chi connectivity index (χ4v) is 2.72. The Balaban J connectivity index is 2.73. The fraction of sp³-hybridized carbons (Fsp3) is 0.400. The van der Waals surface area contributed by atoms with E-state index in [9.17, 15) is 0 Å². The molecule has 0 spiro atoms. The summed E-state index contributed by atoms with van der Waals surface area (Å²) >= 11 is 9.05. The van der Waals surface area contributed by atoms with Gasteiger partial charge in [0.25, 0.3) is 0 Å². The van der Waals surface area contributed by atoms with Gasteiger partial charge < -0.3 is 4.98 Å². The van der Waals surface area contributed by atoms with Gasteiger partial charge in [-0.2, -0.15) is 0 Å². The Kier molecular flexibility index (Phi) is 3.76. The van der Waals surface area contributed by atoms with Crippen LogP contribution >= 0.6 is 28.1 Å².